The number of hydrogen-bond donors (Lipinski definition) is 0. The molecule has 0 unspecified atom stereocenters. The summed E-state index contributed by atoms with van der Waals surface area (Å²) in [6.45, 7) is 7.17. The van der Waals surface area contributed by atoms with Gasteiger partial charge in [0.2, 0.25) is 5.91 Å². The molecule has 15 heteroatoms. The topological polar surface area (TPSA) is 71.3 Å². The number of hydrogen-bond acceptors (Lipinski definition) is 6. The van der Waals surface area contributed by atoms with Gasteiger partial charge in [0.15, 0.2) is 0 Å². The highest BCUT2D eigenvalue weighted by molar-refractivity contribution is 7.99. The molecule has 1 fully saturated rings. The molecule has 7 nitrogen and oxygen atoms in total. The van der Waals surface area contributed by atoms with Crippen molar-refractivity contribution in [3.63, 3.8) is 0 Å². The van der Waals surface area contributed by atoms with Gasteiger partial charge in [-0.25, -0.2) is 18.0 Å². The molecule has 4 aromatic rings. The lowest BCUT2D eigenvalue weighted by Gasteiger charge is -2.44. The second kappa shape index (κ2) is 12.2. The Morgan fingerprint density at radius 3 is 2.40 bits per heavy atom. The van der Waals surface area contributed by atoms with Crippen molar-refractivity contribution in [3.8, 4) is 11.1 Å². The Hall–Kier alpha value is -4.04. The van der Waals surface area contributed by atoms with Gasteiger partial charge in [-0.3, -0.25) is 14.3 Å². The number of nitrogens with zero attached hydrogens (tertiary/aromatic N) is 5. The zero-order valence-corrected chi connectivity index (χ0v) is 26.5. The lowest BCUT2D eigenvalue weighted by atomic mass is 9.95. The number of rotatable bonds is 4. The Bertz CT molecular complexity index is 1990. The quantitative estimate of drug-likeness (QED) is 0.130. The molecule has 4 heterocycles. The Labute approximate surface area is 273 Å². The monoisotopic (exact) mass is 693 g/mol. The minimum atomic E-state index is -5.05. The molecule has 0 bridgehead atoms. The number of anilines is 1. The number of carbonyl (C=O) groups excluding carboxylic acids is 1. The molecule has 2 aliphatic heterocycles. The molecule has 0 aliphatic carbocycles. The number of amides is 1. The molecule has 1 saturated heterocycles. The van der Waals surface area contributed by atoms with Crippen LogP contribution in [0.1, 0.15) is 30.9 Å². The fourth-order valence-corrected chi connectivity index (χ4v) is 8.08. The Morgan fingerprint density at radius 2 is 1.77 bits per heavy atom. The van der Waals surface area contributed by atoms with Crippen molar-refractivity contribution in [2.45, 2.75) is 49.5 Å². The van der Waals surface area contributed by atoms with Gasteiger partial charge in [0.25, 0.3) is 0 Å². The fraction of sp³-hybridized carbons (Fsp3) is 0.312. The largest absolute Gasteiger partial charge is 0.417 e. The highest BCUT2D eigenvalue weighted by atomic mass is 35.5. The Morgan fingerprint density at radius 1 is 1.06 bits per heavy atom. The molecular formula is C32H26ClF6N5O2S. The molecule has 2 aliphatic rings. The third-order valence-electron chi connectivity index (χ3n) is 8.51. The Balaban J connectivity index is 1.67. The third-order valence-corrected chi connectivity index (χ3v) is 10.1. The number of carbonyl (C=O) groups is 1. The van der Waals surface area contributed by atoms with Crippen LogP contribution in [0.15, 0.2) is 59.0 Å². The first-order valence-corrected chi connectivity index (χ1v) is 15.8. The van der Waals surface area contributed by atoms with Gasteiger partial charge in [-0.05, 0) is 43.7 Å². The molecule has 1 amide bonds. The minimum Gasteiger partial charge on any atom is -0.352 e. The van der Waals surface area contributed by atoms with Crippen LogP contribution in [-0.4, -0.2) is 56.3 Å². The van der Waals surface area contributed by atoms with Crippen molar-refractivity contribution in [2.75, 3.05) is 23.7 Å². The highest BCUT2D eigenvalue weighted by Gasteiger charge is 2.40. The zero-order chi connectivity index (χ0) is 33.9. The van der Waals surface area contributed by atoms with E-state index in [1.807, 2.05) is 0 Å². The summed E-state index contributed by atoms with van der Waals surface area (Å²) in [6, 6.07) is 2.58. The van der Waals surface area contributed by atoms with E-state index in [9.17, 15) is 18.4 Å². The van der Waals surface area contributed by atoms with Gasteiger partial charge in [0.1, 0.15) is 23.3 Å². The summed E-state index contributed by atoms with van der Waals surface area (Å²) in [5.41, 5.74) is -3.09. The number of piperazine rings is 1. The smallest absolute Gasteiger partial charge is 0.352 e. The van der Waals surface area contributed by atoms with Crippen LogP contribution in [-0.2, 0) is 17.5 Å². The molecule has 6 rings (SSSR count). The van der Waals surface area contributed by atoms with E-state index < -0.39 is 69.0 Å². The third kappa shape index (κ3) is 5.75. The molecule has 0 N–H and O–H groups in total. The summed E-state index contributed by atoms with van der Waals surface area (Å²) in [5.74, 6) is -4.20. The summed E-state index contributed by atoms with van der Waals surface area (Å²) in [4.78, 5) is 37.6. The number of alkyl halides is 3. The first kappa shape index (κ1) is 32.9. The van der Waals surface area contributed by atoms with Gasteiger partial charge in [-0.2, -0.15) is 18.2 Å². The number of aromatic nitrogens is 3. The van der Waals surface area contributed by atoms with Crippen LogP contribution in [0.4, 0.5) is 32.2 Å². The van der Waals surface area contributed by atoms with E-state index >= 15 is 17.6 Å². The van der Waals surface area contributed by atoms with Crippen LogP contribution >= 0.6 is 23.4 Å². The van der Waals surface area contributed by atoms with Crippen molar-refractivity contribution >= 4 is 46.0 Å². The van der Waals surface area contributed by atoms with Crippen molar-refractivity contribution in [3.05, 3.63) is 93.4 Å². The molecule has 0 saturated carbocycles. The summed E-state index contributed by atoms with van der Waals surface area (Å²) in [7, 11) is 0. The van der Waals surface area contributed by atoms with Gasteiger partial charge in [-0.15, -0.1) is 11.8 Å². The second-order valence-electron chi connectivity index (χ2n) is 11.6. The van der Waals surface area contributed by atoms with E-state index in [1.54, 1.807) is 23.6 Å². The first-order valence-electron chi connectivity index (χ1n) is 14.5. The molecule has 47 heavy (non-hydrogen) atoms. The fourth-order valence-electron chi connectivity index (χ4n) is 6.55. The maximum Gasteiger partial charge on any atom is 0.417 e. The van der Waals surface area contributed by atoms with E-state index in [1.165, 1.54) is 22.9 Å². The van der Waals surface area contributed by atoms with Crippen molar-refractivity contribution in [2.24, 2.45) is 0 Å². The zero-order valence-electron chi connectivity index (χ0n) is 24.9. The SMILES string of the molecule is C=CC(=O)N1[C@H](C)CN(c2nc(=O)n3c4c(c(-c5cc(Cl)c(F)cc5F)c(C(F)(F)F)cc24)SC[C@@H](c2ccncc2F)C3)C[C@@H]1C. The van der Waals surface area contributed by atoms with Gasteiger partial charge in [0, 0.05) is 77.1 Å². The summed E-state index contributed by atoms with van der Waals surface area (Å²) >= 11 is 6.85. The number of benzene rings is 2. The minimum absolute atomic E-state index is 0.00620. The number of thioether (sulfide) groups is 1. The maximum absolute atomic E-state index is 15.4. The van der Waals surface area contributed by atoms with Gasteiger partial charge in [-0.1, -0.05) is 18.2 Å². The molecule has 246 valence electrons. The van der Waals surface area contributed by atoms with Crippen LogP contribution in [0, 0.1) is 17.5 Å². The standard InChI is InChI=1S/C32H26ClF6N5O2S/c1-4-26(45)44-15(2)11-42(12-16(44)3)30-20-7-21(32(37,38)39)27(19-8-22(33)24(35)9-23(19)34)29-28(20)43(31(46)41-30)13-17(14-47-29)18-5-6-40-10-25(18)36/h4-10,15-17H,1,11-14H2,2-3H3/t15-,16+,17-/m0/s1. The van der Waals surface area contributed by atoms with Crippen molar-refractivity contribution in [1.29, 1.82) is 0 Å². The summed E-state index contributed by atoms with van der Waals surface area (Å²) in [5, 5.41) is -0.643. The van der Waals surface area contributed by atoms with E-state index in [4.69, 9.17) is 11.6 Å². The predicted molar refractivity (Wildman–Crippen MR) is 167 cm³/mol. The first-order chi connectivity index (χ1) is 22.2. The van der Waals surface area contributed by atoms with E-state index in [0.29, 0.717) is 6.07 Å². The maximum atomic E-state index is 15.4. The van der Waals surface area contributed by atoms with Crippen LogP contribution in [0.3, 0.4) is 0 Å². The summed E-state index contributed by atoms with van der Waals surface area (Å²) < 4.78 is 90.8. The molecule has 2 aromatic carbocycles. The second-order valence-corrected chi connectivity index (χ2v) is 13.0. The highest BCUT2D eigenvalue weighted by Crippen LogP contribution is 2.50. The van der Waals surface area contributed by atoms with Crippen LogP contribution in [0.25, 0.3) is 22.0 Å². The van der Waals surface area contributed by atoms with Crippen LogP contribution in [0.5, 0.6) is 0 Å². The average Bonchev–Trinajstić information content (AvgIpc) is 3.21. The van der Waals surface area contributed by atoms with E-state index in [2.05, 4.69) is 16.5 Å². The van der Waals surface area contributed by atoms with Gasteiger partial charge in [0.05, 0.1) is 22.3 Å². The van der Waals surface area contributed by atoms with Gasteiger partial charge >= 0.3 is 11.9 Å². The normalized spacial score (nSPS) is 20.0. The molecule has 0 spiro atoms. The lowest BCUT2D eigenvalue weighted by Crippen LogP contribution is -2.58. The average molecular weight is 694 g/mol. The Kier molecular flexibility index (Phi) is 8.54. The van der Waals surface area contributed by atoms with Crippen molar-refractivity contribution < 1.29 is 31.1 Å². The predicted octanol–water partition coefficient (Wildman–Crippen LogP) is 7.05. The van der Waals surface area contributed by atoms with Crippen molar-refractivity contribution in [1.82, 2.24) is 19.4 Å². The molecule has 0 radical (unpaired) electrons. The summed E-state index contributed by atoms with van der Waals surface area (Å²) in [6.07, 6.45) is -1.51. The lowest BCUT2D eigenvalue weighted by molar-refractivity contribution is -0.137. The van der Waals surface area contributed by atoms with Crippen LogP contribution < -0.4 is 10.6 Å². The molecule has 3 atom stereocenters. The van der Waals surface area contributed by atoms with Crippen LogP contribution in [0.2, 0.25) is 5.02 Å². The molecular weight excluding hydrogens is 668 g/mol. The van der Waals surface area contributed by atoms with E-state index in [0.717, 1.165) is 30.1 Å². The number of halogens is 7. The number of pyridine rings is 1. The molecule has 2 aromatic heterocycles. The van der Waals surface area contributed by atoms with Gasteiger partial charge < -0.3 is 9.80 Å². The van der Waals surface area contributed by atoms with E-state index in [-0.39, 0.29) is 58.5 Å².